The first-order chi connectivity index (χ1) is 9.40. The summed E-state index contributed by atoms with van der Waals surface area (Å²) in [5.41, 5.74) is 0.462. The zero-order chi connectivity index (χ0) is 14.8. The number of nitrogens with one attached hydrogen (secondary N) is 1. The van der Waals surface area contributed by atoms with Gasteiger partial charge in [-0.05, 0) is 39.2 Å². The number of hydrogen-bond donors (Lipinski definition) is 1. The fourth-order valence-electron chi connectivity index (χ4n) is 2.56. The molecule has 1 heterocycles. The Balaban J connectivity index is 1.99. The fraction of sp³-hybridized carbons (Fsp3) is 0.500. The maximum atomic E-state index is 12.4. The Morgan fingerprint density at radius 3 is 2.55 bits per heavy atom. The van der Waals surface area contributed by atoms with Gasteiger partial charge in [0.05, 0.1) is 6.54 Å². The number of nitrogens with zero attached hydrogens (tertiary/aromatic N) is 1. The fourth-order valence-corrected chi connectivity index (χ4v) is 2.56. The number of hydrogen-bond acceptors (Lipinski definition) is 2. The monoisotopic (exact) mass is 274 g/mol. The Morgan fingerprint density at radius 1 is 1.25 bits per heavy atom. The van der Waals surface area contributed by atoms with Crippen LogP contribution in [0.1, 0.15) is 32.8 Å². The molecule has 0 saturated carbocycles. The molecule has 1 atom stereocenters. The van der Waals surface area contributed by atoms with Gasteiger partial charge < -0.3 is 10.2 Å². The topological polar surface area (TPSA) is 49.4 Å². The van der Waals surface area contributed by atoms with E-state index in [1.807, 2.05) is 25.1 Å². The van der Waals surface area contributed by atoms with Crippen molar-refractivity contribution >= 4 is 11.8 Å². The Bertz CT molecular complexity index is 496. The Hall–Kier alpha value is -1.84. The minimum atomic E-state index is -0.795. The highest BCUT2D eigenvalue weighted by Crippen LogP contribution is 2.18. The molecule has 0 spiro atoms. The summed E-state index contributed by atoms with van der Waals surface area (Å²) >= 11 is 0. The summed E-state index contributed by atoms with van der Waals surface area (Å²) < 4.78 is 0. The zero-order valence-electron chi connectivity index (χ0n) is 12.3. The molecule has 2 rings (SSSR count). The van der Waals surface area contributed by atoms with Crippen LogP contribution in [0.2, 0.25) is 0 Å². The molecule has 0 aliphatic carbocycles. The van der Waals surface area contributed by atoms with Gasteiger partial charge in [0.25, 0.3) is 0 Å². The number of piperazine rings is 1. The number of amides is 2. The predicted octanol–water partition coefficient (Wildman–Crippen LogP) is 1.74. The van der Waals surface area contributed by atoms with E-state index in [0.29, 0.717) is 0 Å². The van der Waals surface area contributed by atoms with Crippen molar-refractivity contribution in [2.75, 3.05) is 6.54 Å². The average molecular weight is 274 g/mol. The maximum Gasteiger partial charge on any atom is 0.248 e. The van der Waals surface area contributed by atoms with Crippen molar-refractivity contribution in [3.05, 3.63) is 35.9 Å². The Kier molecular flexibility index (Phi) is 4.12. The number of aryl methyl sites for hydroxylation is 1. The highest BCUT2D eigenvalue weighted by atomic mass is 16.2. The summed E-state index contributed by atoms with van der Waals surface area (Å²) in [5.74, 6) is -0.0844. The van der Waals surface area contributed by atoms with Gasteiger partial charge in [0.15, 0.2) is 0 Å². The Labute approximate surface area is 120 Å². The van der Waals surface area contributed by atoms with Crippen LogP contribution in [-0.2, 0) is 16.0 Å². The van der Waals surface area contributed by atoms with Crippen LogP contribution < -0.4 is 5.32 Å². The predicted molar refractivity (Wildman–Crippen MR) is 78.2 cm³/mol. The van der Waals surface area contributed by atoms with E-state index in [4.69, 9.17) is 0 Å². The van der Waals surface area contributed by atoms with E-state index in [-0.39, 0.29) is 24.4 Å². The summed E-state index contributed by atoms with van der Waals surface area (Å²) in [5, 5.41) is 2.73. The molecule has 0 bridgehead atoms. The average Bonchev–Trinajstić information content (AvgIpc) is 2.41. The largest absolute Gasteiger partial charge is 0.341 e. The van der Waals surface area contributed by atoms with Crippen LogP contribution in [-0.4, -0.2) is 34.8 Å². The second kappa shape index (κ2) is 5.65. The second-order valence-corrected chi connectivity index (χ2v) is 5.98. The molecule has 1 unspecified atom stereocenters. The molecule has 1 aromatic rings. The number of carbonyl (C=O) groups is 2. The highest BCUT2D eigenvalue weighted by Gasteiger charge is 2.40. The van der Waals surface area contributed by atoms with Gasteiger partial charge in [0.1, 0.15) is 5.54 Å². The molecule has 4 nitrogen and oxygen atoms in total. The van der Waals surface area contributed by atoms with E-state index < -0.39 is 5.54 Å². The van der Waals surface area contributed by atoms with Crippen LogP contribution in [0.3, 0.4) is 0 Å². The van der Waals surface area contributed by atoms with Crippen molar-refractivity contribution in [2.45, 2.75) is 45.2 Å². The third-order valence-electron chi connectivity index (χ3n) is 3.79. The molecule has 2 amide bonds. The van der Waals surface area contributed by atoms with Crippen molar-refractivity contribution in [1.82, 2.24) is 10.2 Å². The minimum absolute atomic E-state index is 0.00217. The quantitative estimate of drug-likeness (QED) is 0.909. The van der Waals surface area contributed by atoms with Gasteiger partial charge in [-0.15, -0.1) is 0 Å². The molecule has 108 valence electrons. The first-order valence-electron chi connectivity index (χ1n) is 7.06. The van der Waals surface area contributed by atoms with E-state index >= 15 is 0 Å². The molecule has 1 aliphatic rings. The van der Waals surface area contributed by atoms with Crippen molar-refractivity contribution in [3.8, 4) is 0 Å². The van der Waals surface area contributed by atoms with E-state index in [1.54, 1.807) is 18.7 Å². The lowest BCUT2D eigenvalue weighted by atomic mass is 9.97. The normalized spacial score (nSPS) is 19.6. The third-order valence-corrected chi connectivity index (χ3v) is 3.79. The van der Waals surface area contributed by atoms with Gasteiger partial charge in [0.2, 0.25) is 11.8 Å². The summed E-state index contributed by atoms with van der Waals surface area (Å²) in [6.07, 6.45) is 1.77. The highest BCUT2D eigenvalue weighted by molar-refractivity contribution is 5.97. The molecule has 1 aromatic carbocycles. The molecular weight excluding hydrogens is 252 g/mol. The lowest BCUT2D eigenvalue weighted by molar-refractivity contribution is -0.150. The molecule has 0 aromatic heterocycles. The number of rotatable bonds is 4. The number of benzene rings is 1. The summed E-state index contributed by atoms with van der Waals surface area (Å²) in [7, 11) is 0. The SMILES string of the molecule is CC(CCc1ccccc1)N1CC(=O)NC(C)(C)C1=O. The molecule has 4 heteroatoms. The van der Waals surface area contributed by atoms with Crippen molar-refractivity contribution in [2.24, 2.45) is 0 Å². The van der Waals surface area contributed by atoms with Crippen molar-refractivity contribution in [3.63, 3.8) is 0 Å². The van der Waals surface area contributed by atoms with E-state index in [0.717, 1.165) is 12.8 Å². The summed E-state index contributed by atoms with van der Waals surface area (Å²) in [4.78, 5) is 25.8. The molecule has 1 fully saturated rings. The Morgan fingerprint density at radius 2 is 1.90 bits per heavy atom. The second-order valence-electron chi connectivity index (χ2n) is 5.98. The molecule has 1 aliphatic heterocycles. The van der Waals surface area contributed by atoms with Gasteiger partial charge >= 0.3 is 0 Å². The first-order valence-corrected chi connectivity index (χ1v) is 7.06. The van der Waals surface area contributed by atoms with Gasteiger partial charge in [0, 0.05) is 6.04 Å². The van der Waals surface area contributed by atoms with Gasteiger partial charge in [-0.1, -0.05) is 30.3 Å². The van der Waals surface area contributed by atoms with Crippen LogP contribution in [0.4, 0.5) is 0 Å². The third kappa shape index (κ3) is 3.18. The molecular formula is C16H22N2O2. The summed E-state index contributed by atoms with van der Waals surface area (Å²) in [6, 6.07) is 10.3. The van der Waals surface area contributed by atoms with Crippen LogP contribution in [0.25, 0.3) is 0 Å². The lowest BCUT2D eigenvalue weighted by Crippen LogP contribution is -2.65. The van der Waals surface area contributed by atoms with Crippen molar-refractivity contribution < 1.29 is 9.59 Å². The smallest absolute Gasteiger partial charge is 0.248 e. The molecule has 0 radical (unpaired) electrons. The van der Waals surface area contributed by atoms with E-state index in [1.165, 1.54) is 5.56 Å². The molecule has 1 N–H and O–H groups in total. The van der Waals surface area contributed by atoms with Gasteiger partial charge in [-0.25, -0.2) is 0 Å². The summed E-state index contributed by atoms with van der Waals surface area (Å²) in [6.45, 7) is 5.68. The first kappa shape index (κ1) is 14.6. The van der Waals surface area contributed by atoms with Crippen molar-refractivity contribution in [1.29, 1.82) is 0 Å². The van der Waals surface area contributed by atoms with E-state index in [9.17, 15) is 9.59 Å². The zero-order valence-corrected chi connectivity index (χ0v) is 12.3. The van der Waals surface area contributed by atoms with Gasteiger partial charge in [-0.3, -0.25) is 9.59 Å². The standard InChI is InChI=1S/C16H22N2O2/c1-12(9-10-13-7-5-4-6-8-13)18-11-14(19)17-16(2,3)15(18)20/h4-8,12H,9-11H2,1-3H3,(H,17,19). The maximum absolute atomic E-state index is 12.4. The number of carbonyl (C=O) groups excluding carboxylic acids is 2. The van der Waals surface area contributed by atoms with Crippen LogP contribution in [0.15, 0.2) is 30.3 Å². The molecule has 1 saturated heterocycles. The van der Waals surface area contributed by atoms with Crippen LogP contribution >= 0.6 is 0 Å². The van der Waals surface area contributed by atoms with Crippen LogP contribution in [0.5, 0.6) is 0 Å². The van der Waals surface area contributed by atoms with Gasteiger partial charge in [-0.2, -0.15) is 0 Å². The van der Waals surface area contributed by atoms with E-state index in [2.05, 4.69) is 17.4 Å². The van der Waals surface area contributed by atoms with Crippen LogP contribution in [0, 0.1) is 0 Å². The molecule has 20 heavy (non-hydrogen) atoms. The minimum Gasteiger partial charge on any atom is -0.341 e. The lowest BCUT2D eigenvalue weighted by Gasteiger charge is -2.40.